The quantitative estimate of drug-likeness (QED) is 0.419. The first-order valence-electron chi connectivity index (χ1n) is 3.34. The van der Waals surface area contributed by atoms with E-state index >= 15 is 0 Å². The van der Waals surface area contributed by atoms with Crippen molar-refractivity contribution in [2.24, 2.45) is 0 Å². The molecular weight excluding hydrogens is 100 g/mol. The van der Waals surface area contributed by atoms with E-state index in [9.17, 15) is 0 Å². The fourth-order valence-corrected chi connectivity index (χ4v) is 1.55. The van der Waals surface area contributed by atoms with Gasteiger partial charge in [0, 0.05) is 25.7 Å². The Morgan fingerprint density at radius 1 is 1.38 bits per heavy atom. The minimum Gasteiger partial charge on any atom is -0.300 e. The lowest BCUT2D eigenvalue weighted by Crippen LogP contribution is -2.38. The second kappa shape index (κ2) is 1.71. The standard InChI is InChI=1S/C6H11N2/c1-3-8-4-2-7-6(1)5-8/h6H,1-5H2. The van der Waals surface area contributed by atoms with Gasteiger partial charge in [0.05, 0.1) is 0 Å². The molecule has 2 saturated heterocycles. The van der Waals surface area contributed by atoms with Crippen LogP contribution in [-0.2, 0) is 0 Å². The van der Waals surface area contributed by atoms with Crippen LogP contribution in [0, 0.1) is 0 Å². The normalized spacial score (nSPS) is 45.0. The van der Waals surface area contributed by atoms with Gasteiger partial charge in [-0.15, -0.1) is 0 Å². The third-order valence-corrected chi connectivity index (χ3v) is 2.05. The third-order valence-electron chi connectivity index (χ3n) is 2.05. The highest BCUT2D eigenvalue weighted by Gasteiger charge is 2.26. The molecule has 0 aromatic carbocycles. The predicted molar refractivity (Wildman–Crippen MR) is 31.8 cm³/mol. The average molecular weight is 111 g/mol. The Morgan fingerprint density at radius 2 is 2.38 bits per heavy atom. The SMILES string of the molecule is C1CN2CCC(C2)[N]1. The van der Waals surface area contributed by atoms with Crippen LogP contribution in [0.5, 0.6) is 0 Å². The van der Waals surface area contributed by atoms with Gasteiger partial charge in [0.1, 0.15) is 0 Å². The molecule has 0 amide bonds. The molecule has 2 heteroatoms. The summed E-state index contributed by atoms with van der Waals surface area (Å²) in [5, 5.41) is 4.45. The molecule has 2 rings (SSSR count). The number of nitrogens with zero attached hydrogens (tertiary/aromatic N) is 2. The minimum absolute atomic E-state index is 0.712. The lowest BCUT2D eigenvalue weighted by atomic mass is 10.2. The summed E-state index contributed by atoms with van der Waals surface area (Å²) in [7, 11) is 0. The Kier molecular flexibility index (Phi) is 1.02. The summed E-state index contributed by atoms with van der Waals surface area (Å²) in [5.74, 6) is 0. The minimum atomic E-state index is 0.712. The van der Waals surface area contributed by atoms with Crippen LogP contribution < -0.4 is 5.32 Å². The van der Waals surface area contributed by atoms with Gasteiger partial charge in [-0.2, -0.15) is 0 Å². The van der Waals surface area contributed by atoms with E-state index in [4.69, 9.17) is 0 Å². The molecule has 1 radical (unpaired) electrons. The van der Waals surface area contributed by atoms with Crippen LogP contribution in [0.25, 0.3) is 0 Å². The molecule has 2 atom stereocenters. The first-order valence-corrected chi connectivity index (χ1v) is 3.34. The maximum atomic E-state index is 4.45. The van der Waals surface area contributed by atoms with E-state index in [1.807, 2.05) is 0 Å². The lowest BCUT2D eigenvalue weighted by Gasteiger charge is -2.20. The van der Waals surface area contributed by atoms with Gasteiger partial charge in [0.15, 0.2) is 0 Å². The van der Waals surface area contributed by atoms with Gasteiger partial charge in [-0.25, -0.2) is 5.32 Å². The Morgan fingerprint density at radius 3 is 3.12 bits per heavy atom. The topological polar surface area (TPSA) is 17.3 Å². The first kappa shape index (κ1) is 4.77. The zero-order chi connectivity index (χ0) is 5.40. The number of rotatable bonds is 0. The van der Waals surface area contributed by atoms with Crippen LogP contribution in [0.3, 0.4) is 0 Å². The fourth-order valence-electron chi connectivity index (χ4n) is 1.55. The smallest absolute Gasteiger partial charge is 0.0386 e. The molecule has 2 aliphatic rings. The van der Waals surface area contributed by atoms with Gasteiger partial charge in [0.25, 0.3) is 0 Å². The van der Waals surface area contributed by atoms with E-state index in [0.717, 1.165) is 6.54 Å². The van der Waals surface area contributed by atoms with Gasteiger partial charge < -0.3 is 4.90 Å². The second-order valence-corrected chi connectivity index (χ2v) is 2.65. The summed E-state index contributed by atoms with van der Waals surface area (Å²) in [6, 6.07) is 0.712. The summed E-state index contributed by atoms with van der Waals surface area (Å²) >= 11 is 0. The maximum absolute atomic E-state index is 4.45. The van der Waals surface area contributed by atoms with Crippen molar-refractivity contribution < 1.29 is 0 Å². The van der Waals surface area contributed by atoms with Gasteiger partial charge in [-0.1, -0.05) is 0 Å². The summed E-state index contributed by atoms with van der Waals surface area (Å²) in [6.07, 6.45) is 1.32. The van der Waals surface area contributed by atoms with Crippen LogP contribution in [0.2, 0.25) is 0 Å². The molecule has 45 valence electrons. The van der Waals surface area contributed by atoms with Gasteiger partial charge >= 0.3 is 0 Å². The van der Waals surface area contributed by atoms with Crippen molar-refractivity contribution in [3.05, 3.63) is 0 Å². The van der Waals surface area contributed by atoms with E-state index in [1.54, 1.807) is 0 Å². The van der Waals surface area contributed by atoms with Crippen LogP contribution in [0.1, 0.15) is 6.42 Å². The van der Waals surface area contributed by atoms with Crippen LogP contribution in [0.15, 0.2) is 0 Å². The molecule has 0 saturated carbocycles. The van der Waals surface area contributed by atoms with Crippen molar-refractivity contribution in [3.8, 4) is 0 Å². The predicted octanol–water partition coefficient (Wildman–Crippen LogP) is -0.321. The van der Waals surface area contributed by atoms with Crippen LogP contribution in [0.4, 0.5) is 0 Å². The van der Waals surface area contributed by atoms with Crippen molar-refractivity contribution in [1.29, 1.82) is 0 Å². The molecule has 2 fully saturated rings. The van der Waals surface area contributed by atoms with Crippen molar-refractivity contribution in [1.82, 2.24) is 10.2 Å². The number of fused-ring (bicyclic) bond motifs is 2. The number of piperazine rings is 1. The van der Waals surface area contributed by atoms with Crippen molar-refractivity contribution in [2.75, 3.05) is 26.2 Å². The number of hydrogen-bond donors (Lipinski definition) is 0. The average Bonchev–Trinajstić information content (AvgIpc) is 2.12. The van der Waals surface area contributed by atoms with E-state index in [2.05, 4.69) is 10.2 Å². The number of hydrogen-bond acceptors (Lipinski definition) is 1. The summed E-state index contributed by atoms with van der Waals surface area (Å²) in [5.41, 5.74) is 0. The molecule has 0 aromatic heterocycles. The first-order chi connectivity index (χ1) is 3.95. The Hall–Kier alpha value is -0.0800. The Labute approximate surface area is 49.9 Å². The van der Waals surface area contributed by atoms with Gasteiger partial charge in [0.2, 0.25) is 0 Å². The monoisotopic (exact) mass is 111 g/mol. The zero-order valence-corrected chi connectivity index (χ0v) is 5.01. The lowest BCUT2D eigenvalue weighted by molar-refractivity contribution is 0.286. The maximum Gasteiger partial charge on any atom is 0.0386 e. The molecular formula is C6H11N2. The Balaban J connectivity index is 2.03. The molecule has 2 aliphatic heterocycles. The van der Waals surface area contributed by atoms with Gasteiger partial charge in [-0.3, -0.25) is 0 Å². The van der Waals surface area contributed by atoms with Crippen molar-refractivity contribution in [2.45, 2.75) is 12.5 Å². The summed E-state index contributed by atoms with van der Waals surface area (Å²) in [6.45, 7) is 4.86. The zero-order valence-electron chi connectivity index (χ0n) is 5.01. The molecule has 2 nitrogen and oxygen atoms in total. The van der Waals surface area contributed by atoms with E-state index in [1.165, 1.54) is 26.1 Å². The molecule has 0 aromatic rings. The summed E-state index contributed by atoms with van der Waals surface area (Å²) in [4.78, 5) is 2.50. The van der Waals surface area contributed by atoms with Gasteiger partial charge in [-0.05, 0) is 13.0 Å². The molecule has 0 spiro atoms. The Bertz CT molecular complexity index is 78.5. The second-order valence-electron chi connectivity index (χ2n) is 2.65. The summed E-state index contributed by atoms with van der Waals surface area (Å²) < 4.78 is 0. The molecule has 0 aliphatic carbocycles. The van der Waals surface area contributed by atoms with Crippen LogP contribution in [-0.4, -0.2) is 37.1 Å². The third kappa shape index (κ3) is 0.644. The van der Waals surface area contributed by atoms with Crippen molar-refractivity contribution >= 4 is 0 Å². The van der Waals surface area contributed by atoms with E-state index in [0.29, 0.717) is 6.04 Å². The largest absolute Gasteiger partial charge is 0.300 e. The highest BCUT2D eigenvalue weighted by Crippen LogP contribution is 2.12. The molecule has 0 N–H and O–H groups in total. The highest BCUT2D eigenvalue weighted by atomic mass is 15.2. The molecule has 2 unspecified atom stereocenters. The molecule has 8 heavy (non-hydrogen) atoms. The van der Waals surface area contributed by atoms with E-state index < -0.39 is 0 Å². The highest BCUT2D eigenvalue weighted by molar-refractivity contribution is 4.85. The van der Waals surface area contributed by atoms with E-state index in [-0.39, 0.29) is 0 Å². The molecule has 2 heterocycles. The fraction of sp³-hybridized carbons (Fsp3) is 1.00. The van der Waals surface area contributed by atoms with Crippen molar-refractivity contribution in [3.63, 3.8) is 0 Å². The van der Waals surface area contributed by atoms with Crippen LogP contribution >= 0.6 is 0 Å². The molecule has 2 bridgehead atoms.